The fourth-order valence-electron chi connectivity index (χ4n) is 3.60. The second-order valence-electron chi connectivity index (χ2n) is 7.61. The predicted molar refractivity (Wildman–Crippen MR) is 116 cm³/mol. The van der Waals surface area contributed by atoms with Gasteiger partial charge in [0.15, 0.2) is 0 Å². The molecule has 1 aliphatic heterocycles. The van der Waals surface area contributed by atoms with Crippen LogP contribution in [0.2, 0.25) is 0 Å². The van der Waals surface area contributed by atoms with Crippen LogP contribution in [0.4, 0.5) is 11.5 Å². The molecular formula is C23H25N5O2. The third kappa shape index (κ3) is 4.40. The van der Waals surface area contributed by atoms with Gasteiger partial charge in [0, 0.05) is 37.6 Å². The van der Waals surface area contributed by atoms with Crippen LogP contribution in [0, 0.1) is 13.8 Å². The first kappa shape index (κ1) is 19.8. The molecule has 2 aromatic heterocycles. The van der Waals surface area contributed by atoms with Gasteiger partial charge >= 0.3 is 0 Å². The largest absolute Gasteiger partial charge is 0.325 e. The van der Waals surface area contributed by atoms with E-state index in [1.165, 1.54) is 5.56 Å². The number of pyridine rings is 1. The van der Waals surface area contributed by atoms with Crippen molar-refractivity contribution in [3.05, 3.63) is 59.9 Å². The lowest BCUT2D eigenvalue weighted by molar-refractivity contribution is -0.122. The van der Waals surface area contributed by atoms with E-state index >= 15 is 0 Å². The van der Waals surface area contributed by atoms with E-state index in [0.29, 0.717) is 12.2 Å². The predicted octanol–water partition coefficient (Wildman–Crippen LogP) is 3.72. The Morgan fingerprint density at radius 3 is 2.57 bits per heavy atom. The maximum Gasteiger partial charge on any atom is 0.228 e. The summed E-state index contributed by atoms with van der Waals surface area (Å²) in [6.07, 6.45) is 2.79. The molecule has 1 aromatic carbocycles. The van der Waals surface area contributed by atoms with Gasteiger partial charge in [-0.2, -0.15) is 5.10 Å². The third-order valence-electron chi connectivity index (χ3n) is 5.17. The summed E-state index contributed by atoms with van der Waals surface area (Å²) in [5.41, 5.74) is 4.58. The van der Waals surface area contributed by atoms with Crippen molar-refractivity contribution in [3.8, 4) is 11.3 Å². The molecule has 0 radical (unpaired) electrons. The number of nitrogens with one attached hydrogen (secondary N) is 1. The molecule has 3 heterocycles. The van der Waals surface area contributed by atoms with Gasteiger partial charge in [-0.25, -0.2) is 4.68 Å². The van der Waals surface area contributed by atoms with Crippen LogP contribution in [0.15, 0.2) is 48.7 Å². The Morgan fingerprint density at radius 1 is 1.03 bits per heavy atom. The minimum Gasteiger partial charge on any atom is -0.325 e. The summed E-state index contributed by atoms with van der Waals surface area (Å²) in [4.78, 5) is 31.1. The number of aryl methyl sites for hydroxylation is 3. The van der Waals surface area contributed by atoms with Crippen LogP contribution in [0.5, 0.6) is 0 Å². The van der Waals surface area contributed by atoms with E-state index in [-0.39, 0.29) is 24.7 Å². The maximum atomic E-state index is 12.6. The number of fused-ring (bicyclic) bond motifs is 1. The molecule has 2 amide bonds. The number of carbonyl (C=O) groups is 2. The lowest BCUT2D eigenvalue weighted by Gasteiger charge is -2.27. The highest BCUT2D eigenvalue weighted by atomic mass is 16.2. The Kier molecular flexibility index (Phi) is 5.61. The monoisotopic (exact) mass is 403 g/mol. The molecule has 1 N–H and O–H groups in total. The standard InChI is InChI=1S/C23H25N5O2/c1-16-4-6-18(7-5-16)20-9-8-19(15-24-20)25-21(29)10-11-23(30)27-12-3-13-28-22(27)14-17(2)26-28/h4-9,14-15H,3,10-13H2,1-2H3,(H,25,29). The van der Waals surface area contributed by atoms with Crippen molar-refractivity contribution in [3.63, 3.8) is 0 Å². The van der Waals surface area contributed by atoms with Crippen molar-refractivity contribution in [2.24, 2.45) is 0 Å². The lowest BCUT2D eigenvalue weighted by Crippen LogP contribution is -2.37. The molecule has 0 unspecified atom stereocenters. The Bertz CT molecular complexity index is 1050. The molecule has 4 rings (SSSR count). The number of benzene rings is 1. The first-order valence-electron chi connectivity index (χ1n) is 10.2. The van der Waals surface area contributed by atoms with Crippen molar-refractivity contribution in [1.29, 1.82) is 0 Å². The summed E-state index contributed by atoms with van der Waals surface area (Å²) >= 11 is 0. The van der Waals surface area contributed by atoms with E-state index < -0.39 is 0 Å². The summed E-state index contributed by atoms with van der Waals surface area (Å²) in [5.74, 6) is 0.564. The Hall–Kier alpha value is -3.48. The average molecular weight is 403 g/mol. The van der Waals surface area contributed by atoms with E-state index in [1.807, 2.05) is 61.0 Å². The van der Waals surface area contributed by atoms with Crippen LogP contribution in [0.1, 0.15) is 30.5 Å². The van der Waals surface area contributed by atoms with Gasteiger partial charge in [0.2, 0.25) is 11.8 Å². The highest BCUT2D eigenvalue weighted by Crippen LogP contribution is 2.23. The molecule has 30 heavy (non-hydrogen) atoms. The first-order valence-corrected chi connectivity index (χ1v) is 10.2. The van der Waals surface area contributed by atoms with Crippen LogP contribution in [0.3, 0.4) is 0 Å². The van der Waals surface area contributed by atoms with Crippen molar-refractivity contribution in [2.45, 2.75) is 39.7 Å². The SMILES string of the molecule is Cc1ccc(-c2ccc(NC(=O)CCC(=O)N3CCCn4nc(C)cc43)cn2)cc1. The summed E-state index contributed by atoms with van der Waals surface area (Å²) in [6.45, 7) is 5.44. The van der Waals surface area contributed by atoms with Gasteiger partial charge in [-0.1, -0.05) is 29.8 Å². The summed E-state index contributed by atoms with van der Waals surface area (Å²) < 4.78 is 1.86. The van der Waals surface area contributed by atoms with Gasteiger partial charge < -0.3 is 5.32 Å². The molecule has 0 saturated heterocycles. The smallest absolute Gasteiger partial charge is 0.228 e. The van der Waals surface area contributed by atoms with Gasteiger partial charge in [-0.05, 0) is 32.4 Å². The molecule has 1 aliphatic rings. The summed E-state index contributed by atoms with van der Waals surface area (Å²) in [5, 5.41) is 7.23. The zero-order valence-corrected chi connectivity index (χ0v) is 17.3. The number of amides is 2. The van der Waals surface area contributed by atoms with Crippen LogP contribution < -0.4 is 10.2 Å². The van der Waals surface area contributed by atoms with Gasteiger partial charge in [0.1, 0.15) is 5.82 Å². The summed E-state index contributed by atoms with van der Waals surface area (Å²) in [6, 6.07) is 13.8. The number of aromatic nitrogens is 3. The number of anilines is 2. The number of hydrogen-bond acceptors (Lipinski definition) is 4. The van der Waals surface area contributed by atoms with Crippen LogP contribution in [0.25, 0.3) is 11.3 Å². The highest BCUT2D eigenvalue weighted by Gasteiger charge is 2.24. The van der Waals surface area contributed by atoms with E-state index in [2.05, 4.69) is 15.4 Å². The number of hydrogen-bond donors (Lipinski definition) is 1. The Balaban J connectivity index is 1.32. The number of carbonyl (C=O) groups excluding carboxylic acids is 2. The Morgan fingerprint density at radius 2 is 1.83 bits per heavy atom. The molecule has 3 aromatic rings. The summed E-state index contributed by atoms with van der Waals surface area (Å²) in [7, 11) is 0. The van der Waals surface area contributed by atoms with Crippen LogP contribution in [-0.2, 0) is 16.1 Å². The molecule has 0 bridgehead atoms. The van der Waals surface area contributed by atoms with E-state index in [9.17, 15) is 9.59 Å². The fraction of sp³-hybridized carbons (Fsp3) is 0.304. The molecule has 0 spiro atoms. The first-order chi connectivity index (χ1) is 14.5. The second-order valence-corrected chi connectivity index (χ2v) is 7.61. The average Bonchev–Trinajstić information content (AvgIpc) is 3.13. The molecule has 0 fully saturated rings. The highest BCUT2D eigenvalue weighted by molar-refractivity contribution is 5.97. The molecule has 0 aliphatic carbocycles. The van der Waals surface area contributed by atoms with Crippen LogP contribution >= 0.6 is 0 Å². The minimum absolute atomic E-state index is 0.0566. The third-order valence-corrected chi connectivity index (χ3v) is 5.17. The topological polar surface area (TPSA) is 80.1 Å². The Labute approximate surface area is 175 Å². The second kappa shape index (κ2) is 8.49. The molecule has 0 atom stereocenters. The van der Waals surface area contributed by atoms with Crippen molar-refractivity contribution in [1.82, 2.24) is 14.8 Å². The van der Waals surface area contributed by atoms with E-state index in [0.717, 1.165) is 35.7 Å². The van der Waals surface area contributed by atoms with E-state index in [1.54, 1.807) is 11.1 Å². The minimum atomic E-state index is -0.199. The van der Waals surface area contributed by atoms with Crippen molar-refractivity contribution < 1.29 is 9.59 Å². The number of nitrogens with zero attached hydrogens (tertiary/aromatic N) is 4. The zero-order chi connectivity index (χ0) is 21.1. The van der Waals surface area contributed by atoms with E-state index in [4.69, 9.17) is 0 Å². The molecular weight excluding hydrogens is 378 g/mol. The molecule has 0 saturated carbocycles. The van der Waals surface area contributed by atoms with Crippen molar-refractivity contribution >= 4 is 23.3 Å². The zero-order valence-electron chi connectivity index (χ0n) is 17.3. The van der Waals surface area contributed by atoms with Gasteiger partial charge in [-0.3, -0.25) is 19.5 Å². The number of rotatable bonds is 5. The van der Waals surface area contributed by atoms with Gasteiger partial charge in [0.25, 0.3) is 0 Å². The fourth-order valence-corrected chi connectivity index (χ4v) is 3.60. The molecule has 7 heteroatoms. The maximum absolute atomic E-state index is 12.6. The normalized spacial score (nSPS) is 13.1. The van der Waals surface area contributed by atoms with Gasteiger partial charge in [0.05, 0.1) is 23.3 Å². The van der Waals surface area contributed by atoms with Gasteiger partial charge in [-0.15, -0.1) is 0 Å². The molecule has 7 nitrogen and oxygen atoms in total. The quantitative estimate of drug-likeness (QED) is 0.704. The molecule has 154 valence electrons. The van der Waals surface area contributed by atoms with Crippen LogP contribution in [-0.4, -0.2) is 33.1 Å². The van der Waals surface area contributed by atoms with Crippen molar-refractivity contribution in [2.75, 3.05) is 16.8 Å². The lowest BCUT2D eigenvalue weighted by atomic mass is 10.1.